The number of carbonyl (C=O) groups excluding carboxylic acids is 2. The van der Waals surface area contributed by atoms with Crippen molar-refractivity contribution in [3.63, 3.8) is 0 Å². The van der Waals surface area contributed by atoms with Gasteiger partial charge in [0.05, 0.1) is 22.0 Å². The molecule has 6 heteroatoms. The number of rotatable bonds is 2. The molecule has 2 aromatic rings. The Morgan fingerprint density at radius 1 is 1.00 bits per heavy atom. The van der Waals surface area contributed by atoms with Crippen LogP contribution in [0.4, 0.5) is 22.7 Å². The Morgan fingerprint density at radius 3 is 2.32 bits per heavy atom. The fraction of sp³-hybridized carbons (Fsp3) is 0.263. The Morgan fingerprint density at radius 2 is 1.72 bits per heavy atom. The van der Waals surface area contributed by atoms with E-state index in [9.17, 15) is 9.59 Å². The van der Waals surface area contributed by atoms with Crippen LogP contribution in [0.25, 0.3) is 0 Å². The van der Waals surface area contributed by atoms with Crippen LogP contribution in [0.2, 0.25) is 0 Å². The van der Waals surface area contributed by atoms with Gasteiger partial charge in [0.1, 0.15) is 0 Å². The molecule has 0 aliphatic carbocycles. The molecular weight excluding hydrogens is 334 g/mol. The zero-order valence-electron chi connectivity index (χ0n) is 15.0. The molecule has 0 saturated carbocycles. The van der Waals surface area contributed by atoms with Crippen molar-refractivity contribution in [3.8, 4) is 0 Å². The van der Waals surface area contributed by atoms with E-state index in [1.807, 2.05) is 55.4 Å². The van der Waals surface area contributed by atoms with Crippen LogP contribution in [0.1, 0.15) is 13.8 Å². The highest BCUT2D eigenvalue weighted by molar-refractivity contribution is 8.00. The summed E-state index contributed by atoms with van der Waals surface area (Å²) in [5, 5.41) is 0. The van der Waals surface area contributed by atoms with Crippen LogP contribution in [0, 0.1) is 0 Å². The zero-order chi connectivity index (χ0) is 18.3. The monoisotopic (exact) mass is 355 g/mol. The lowest BCUT2D eigenvalue weighted by Gasteiger charge is -2.33. The number of nitrogens with zero attached hydrogens (tertiary/aromatic N) is 3. The maximum absolute atomic E-state index is 12.4. The third kappa shape index (κ3) is 2.98. The summed E-state index contributed by atoms with van der Waals surface area (Å²) in [7, 11) is 5.73. The summed E-state index contributed by atoms with van der Waals surface area (Å²) < 4.78 is 0. The topological polar surface area (TPSA) is 43.9 Å². The van der Waals surface area contributed by atoms with Gasteiger partial charge in [-0.05, 0) is 30.3 Å². The SMILES string of the molecule is CC(=O)N(C)c1ccc2c(c1)Sc1c(N(C)C)cccc1N2C(C)=O. The second kappa shape index (κ2) is 6.44. The third-order valence-electron chi connectivity index (χ3n) is 4.27. The maximum atomic E-state index is 12.4. The highest BCUT2D eigenvalue weighted by atomic mass is 32.2. The van der Waals surface area contributed by atoms with Crippen LogP contribution in [-0.4, -0.2) is 33.0 Å². The fourth-order valence-corrected chi connectivity index (χ4v) is 4.17. The largest absolute Gasteiger partial charge is 0.377 e. The molecule has 0 radical (unpaired) electrons. The summed E-state index contributed by atoms with van der Waals surface area (Å²) in [6.07, 6.45) is 0. The Kier molecular flexibility index (Phi) is 4.47. The second-order valence-corrected chi connectivity index (χ2v) is 7.26. The van der Waals surface area contributed by atoms with Gasteiger partial charge >= 0.3 is 0 Å². The summed E-state index contributed by atoms with van der Waals surface area (Å²) in [5.41, 5.74) is 3.61. The molecule has 25 heavy (non-hydrogen) atoms. The van der Waals surface area contributed by atoms with Crippen LogP contribution in [0.5, 0.6) is 0 Å². The molecule has 1 aliphatic heterocycles. The van der Waals surface area contributed by atoms with E-state index >= 15 is 0 Å². The summed E-state index contributed by atoms with van der Waals surface area (Å²) in [6, 6.07) is 11.7. The van der Waals surface area contributed by atoms with E-state index in [1.54, 1.807) is 35.5 Å². The van der Waals surface area contributed by atoms with Crippen molar-refractivity contribution in [2.45, 2.75) is 23.6 Å². The van der Waals surface area contributed by atoms with Crippen molar-refractivity contribution in [1.82, 2.24) is 0 Å². The van der Waals surface area contributed by atoms with Gasteiger partial charge in [-0.25, -0.2) is 0 Å². The molecule has 0 atom stereocenters. The van der Waals surface area contributed by atoms with Crippen LogP contribution < -0.4 is 14.7 Å². The summed E-state index contributed by atoms with van der Waals surface area (Å²) >= 11 is 1.63. The number of amides is 2. The van der Waals surface area contributed by atoms with Gasteiger partial charge < -0.3 is 9.80 Å². The molecule has 3 rings (SSSR count). The lowest BCUT2D eigenvalue weighted by Crippen LogP contribution is -2.27. The molecule has 0 aromatic heterocycles. The number of hydrogen-bond acceptors (Lipinski definition) is 4. The van der Waals surface area contributed by atoms with Crippen LogP contribution in [-0.2, 0) is 9.59 Å². The molecule has 0 unspecified atom stereocenters. The quantitative estimate of drug-likeness (QED) is 0.820. The van der Waals surface area contributed by atoms with Crippen LogP contribution in [0.15, 0.2) is 46.2 Å². The fourth-order valence-electron chi connectivity index (χ4n) is 2.88. The minimum absolute atomic E-state index is 0.0291. The summed E-state index contributed by atoms with van der Waals surface area (Å²) in [4.78, 5) is 31.4. The van der Waals surface area contributed by atoms with E-state index in [0.29, 0.717) is 0 Å². The van der Waals surface area contributed by atoms with Crippen molar-refractivity contribution in [2.24, 2.45) is 0 Å². The Hall–Kier alpha value is -2.47. The van der Waals surface area contributed by atoms with E-state index in [1.165, 1.54) is 6.92 Å². The van der Waals surface area contributed by atoms with Gasteiger partial charge in [-0.2, -0.15) is 0 Å². The molecular formula is C19H21N3O2S. The van der Waals surface area contributed by atoms with Gasteiger partial charge in [-0.1, -0.05) is 17.8 Å². The van der Waals surface area contributed by atoms with Gasteiger partial charge in [0, 0.05) is 45.6 Å². The van der Waals surface area contributed by atoms with E-state index in [4.69, 9.17) is 0 Å². The number of anilines is 4. The molecule has 1 aliphatic rings. The smallest absolute Gasteiger partial charge is 0.228 e. The van der Waals surface area contributed by atoms with Gasteiger partial charge in [0.2, 0.25) is 11.8 Å². The first-order chi connectivity index (χ1) is 11.8. The van der Waals surface area contributed by atoms with Gasteiger partial charge in [0.15, 0.2) is 0 Å². The van der Waals surface area contributed by atoms with E-state index < -0.39 is 0 Å². The standard InChI is InChI=1S/C19H21N3O2S/c1-12(23)21(5)14-9-10-15-18(11-14)25-19-16(20(3)4)7-6-8-17(19)22(15)13(2)24/h6-11H,1-5H3. The van der Waals surface area contributed by atoms with Crippen LogP contribution >= 0.6 is 11.8 Å². The first kappa shape index (κ1) is 17.4. The average Bonchev–Trinajstić information content (AvgIpc) is 2.57. The lowest BCUT2D eigenvalue weighted by molar-refractivity contribution is -0.117. The molecule has 130 valence electrons. The van der Waals surface area contributed by atoms with Crippen molar-refractivity contribution < 1.29 is 9.59 Å². The Balaban J connectivity index is 2.18. The van der Waals surface area contributed by atoms with Gasteiger partial charge in [-0.3, -0.25) is 14.5 Å². The van der Waals surface area contributed by atoms with Crippen molar-refractivity contribution in [3.05, 3.63) is 36.4 Å². The van der Waals surface area contributed by atoms with Gasteiger partial charge in [-0.15, -0.1) is 0 Å². The molecule has 2 amide bonds. The number of benzene rings is 2. The molecule has 0 saturated heterocycles. The highest BCUT2D eigenvalue weighted by Crippen LogP contribution is 2.52. The number of fused-ring (bicyclic) bond motifs is 2. The molecule has 0 N–H and O–H groups in total. The molecule has 0 spiro atoms. The minimum Gasteiger partial charge on any atom is -0.377 e. The Bertz CT molecular complexity index is 864. The molecule has 0 bridgehead atoms. The van der Waals surface area contributed by atoms with Gasteiger partial charge in [0.25, 0.3) is 0 Å². The van der Waals surface area contributed by atoms with Crippen molar-refractivity contribution >= 4 is 46.3 Å². The Labute approximate surface area is 152 Å². The lowest BCUT2D eigenvalue weighted by atomic mass is 10.2. The molecule has 1 heterocycles. The summed E-state index contributed by atoms with van der Waals surface area (Å²) in [5.74, 6) is -0.0649. The van der Waals surface area contributed by atoms with E-state index in [0.717, 1.165) is 32.5 Å². The zero-order valence-corrected chi connectivity index (χ0v) is 15.8. The predicted molar refractivity (Wildman–Crippen MR) is 103 cm³/mol. The van der Waals surface area contributed by atoms with E-state index in [-0.39, 0.29) is 11.8 Å². The first-order valence-corrected chi connectivity index (χ1v) is 8.80. The van der Waals surface area contributed by atoms with E-state index in [2.05, 4.69) is 0 Å². The van der Waals surface area contributed by atoms with Crippen molar-refractivity contribution in [1.29, 1.82) is 0 Å². The molecule has 2 aromatic carbocycles. The minimum atomic E-state index is -0.0358. The number of carbonyl (C=O) groups is 2. The second-order valence-electron chi connectivity index (χ2n) is 6.21. The normalized spacial score (nSPS) is 12.3. The summed E-state index contributed by atoms with van der Waals surface area (Å²) in [6.45, 7) is 3.11. The third-order valence-corrected chi connectivity index (χ3v) is 5.44. The van der Waals surface area contributed by atoms with Crippen LogP contribution in [0.3, 0.4) is 0 Å². The highest BCUT2D eigenvalue weighted by Gasteiger charge is 2.29. The van der Waals surface area contributed by atoms with Crippen molar-refractivity contribution in [2.75, 3.05) is 35.8 Å². The average molecular weight is 355 g/mol. The first-order valence-electron chi connectivity index (χ1n) is 7.98. The molecule has 5 nitrogen and oxygen atoms in total. The number of hydrogen-bond donors (Lipinski definition) is 0. The predicted octanol–water partition coefficient (Wildman–Crippen LogP) is 3.88. The molecule has 0 fully saturated rings. The maximum Gasteiger partial charge on any atom is 0.228 e.